The van der Waals surface area contributed by atoms with E-state index in [4.69, 9.17) is 0 Å². The number of amides is 1. The molecular formula is C16H17N3O5S. The van der Waals surface area contributed by atoms with Crippen molar-refractivity contribution in [2.24, 2.45) is 0 Å². The molecular weight excluding hydrogens is 346 g/mol. The summed E-state index contributed by atoms with van der Waals surface area (Å²) in [6.07, 6.45) is 0. The van der Waals surface area contributed by atoms with E-state index < -0.39 is 27.4 Å². The van der Waals surface area contributed by atoms with Crippen LogP contribution in [0.2, 0.25) is 0 Å². The highest BCUT2D eigenvalue weighted by molar-refractivity contribution is 7.89. The van der Waals surface area contributed by atoms with Gasteiger partial charge >= 0.3 is 0 Å². The summed E-state index contributed by atoms with van der Waals surface area (Å²) >= 11 is 0. The summed E-state index contributed by atoms with van der Waals surface area (Å²) < 4.78 is 25.8. The molecule has 9 heteroatoms. The highest BCUT2D eigenvalue weighted by Crippen LogP contribution is 2.20. The Bertz CT molecular complexity index is 911. The standard InChI is InChI=1S/C16H17N3O5S/c1-12-6-3-4-9-15(12)17-16(20)11-18(2)25(23,24)14-8-5-7-13(10-14)19(21)22/h3-10H,11H2,1-2H3,(H,17,20). The average molecular weight is 363 g/mol. The fourth-order valence-electron chi connectivity index (χ4n) is 2.13. The number of rotatable bonds is 6. The van der Waals surface area contributed by atoms with Crippen LogP contribution in [0, 0.1) is 17.0 Å². The van der Waals surface area contributed by atoms with Gasteiger partial charge in [-0.15, -0.1) is 0 Å². The molecule has 0 heterocycles. The number of benzene rings is 2. The Morgan fingerprint density at radius 3 is 2.52 bits per heavy atom. The van der Waals surface area contributed by atoms with Crippen molar-refractivity contribution in [3.63, 3.8) is 0 Å². The first-order valence-corrected chi connectivity index (χ1v) is 8.72. The van der Waals surface area contributed by atoms with E-state index in [0.717, 1.165) is 15.9 Å². The second-order valence-electron chi connectivity index (χ2n) is 5.38. The number of carbonyl (C=O) groups excluding carboxylic acids is 1. The molecule has 132 valence electrons. The fraction of sp³-hybridized carbons (Fsp3) is 0.188. The minimum absolute atomic E-state index is 0.243. The van der Waals surface area contributed by atoms with Gasteiger partial charge in [0.15, 0.2) is 0 Å². The summed E-state index contributed by atoms with van der Waals surface area (Å²) in [7, 11) is -2.78. The van der Waals surface area contributed by atoms with Crippen LogP contribution in [0.3, 0.4) is 0 Å². The molecule has 1 N–H and O–H groups in total. The predicted molar refractivity (Wildman–Crippen MR) is 92.7 cm³/mol. The SMILES string of the molecule is Cc1ccccc1NC(=O)CN(C)S(=O)(=O)c1cccc([N+](=O)[O-])c1. The molecule has 0 saturated heterocycles. The summed E-state index contributed by atoms with van der Waals surface area (Å²) in [5, 5.41) is 13.4. The lowest BCUT2D eigenvalue weighted by Crippen LogP contribution is -2.35. The number of nitro benzene ring substituents is 1. The molecule has 0 radical (unpaired) electrons. The number of sulfonamides is 1. The van der Waals surface area contributed by atoms with Crippen molar-refractivity contribution in [3.8, 4) is 0 Å². The largest absolute Gasteiger partial charge is 0.325 e. The van der Waals surface area contributed by atoms with Crippen molar-refractivity contribution in [2.45, 2.75) is 11.8 Å². The van der Waals surface area contributed by atoms with Gasteiger partial charge in [0.1, 0.15) is 0 Å². The van der Waals surface area contributed by atoms with Crippen LogP contribution in [-0.2, 0) is 14.8 Å². The minimum Gasteiger partial charge on any atom is -0.325 e. The molecule has 0 saturated carbocycles. The van der Waals surface area contributed by atoms with Crippen LogP contribution in [0.5, 0.6) is 0 Å². The number of hydrogen-bond donors (Lipinski definition) is 1. The number of hydrogen-bond acceptors (Lipinski definition) is 5. The summed E-state index contributed by atoms with van der Waals surface area (Å²) in [6.45, 7) is 1.40. The quantitative estimate of drug-likeness (QED) is 0.625. The zero-order valence-corrected chi connectivity index (χ0v) is 14.5. The normalized spacial score (nSPS) is 11.3. The summed E-state index contributed by atoms with van der Waals surface area (Å²) in [5.41, 5.74) is 1.10. The second-order valence-corrected chi connectivity index (χ2v) is 7.42. The fourth-order valence-corrected chi connectivity index (χ4v) is 3.29. The van der Waals surface area contributed by atoms with Crippen molar-refractivity contribution in [2.75, 3.05) is 18.9 Å². The van der Waals surface area contributed by atoms with Gasteiger partial charge in [-0.2, -0.15) is 4.31 Å². The number of para-hydroxylation sites is 1. The van der Waals surface area contributed by atoms with Gasteiger partial charge in [-0.3, -0.25) is 14.9 Å². The molecule has 0 bridgehead atoms. The van der Waals surface area contributed by atoms with E-state index in [9.17, 15) is 23.3 Å². The van der Waals surface area contributed by atoms with E-state index in [2.05, 4.69) is 5.32 Å². The van der Waals surface area contributed by atoms with Crippen LogP contribution in [0.1, 0.15) is 5.56 Å². The predicted octanol–water partition coefficient (Wildman–Crippen LogP) is 2.16. The number of anilines is 1. The third-order valence-electron chi connectivity index (χ3n) is 3.52. The smallest absolute Gasteiger partial charge is 0.270 e. The van der Waals surface area contributed by atoms with Crippen LogP contribution in [0.4, 0.5) is 11.4 Å². The molecule has 8 nitrogen and oxygen atoms in total. The van der Waals surface area contributed by atoms with Gasteiger partial charge in [0.2, 0.25) is 15.9 Å². The first-order chi connectivity index (χ1) is 11.7. The van der Waals surface area contributed by atoms with Gasteiger partial charge in [-0.25, -0.2) is 8.42 Å². The Morgan fingerprint density at radius 2 is 1.88 bits per heavy atom. The summed E-state index contributed by atoms with van der Waals surface area (Å²) in [6, 6.07) is 11.8. The second kappa shape index (κ2) is 7.41. The molecule has 0 unspecified atom stereocenters. The van der Waals surface area contributed by atoms with Gasteiger partial charge < -0.3 is 5.32 Å². The van der Waals surface area contributed by atoms with Gasteiger partial charge in [0, 0.05) is 24.9 Å². The zero-order chi connectivity index (χ0) is 18.6. The van der Waals surface area contributed by atoms with Crippen molar-refractivity contribution >= 4 is 27.3 Å². The number of likely N-dealkylation sites (N-methyl/N-ethyl adjacent to an activating group) is 1. The number of aryl methyl sites for hydroxylation is 1. The molecule has 0 atom stereocenters. The zero-order valence-electron chi connectivity index (χ0n) is 13.7. The maximum Gasteiger partial charge on any atom is 0.270 e. The van der Waals surface area contributed by atoms with Crippen LogP contribution < -0.4 is 5.32 Å². The van der Waals surface area contributed by atoms with E-state index in [0.29, 0.717) is 5.69 Å². The number of nitrogens with zero attached hydrogens (tertiary/aromatic N) is 2. The van der Waals surface area contributed by atoms with Crippen molar-refractivity contribution < 1.29 is 18.1 Å². The van der Waals surface area contributed by atoms with Crippen LogP contribution in [0.15, 0.2) is 53.4 Å². The highest BCUT2D eigenvalue weighted by atomic mass is 32.2. The van der Waals surface area contributed by atoms with E-state index in [-0.39, 0.29) is 10.6 Å². The molecule has 0 spiro atoms. The lowest BCUT2D eigenvalue weighted by Gasteiger charge is -2.17. The molecule has 2 aromatic rings. The third kappa shape index (κ3) is 4.40. The molecule has 0 aliphatic heterocycles. The number of nitro groups is 1. The molecule has 2 aromatic carbocycles. The van der Waals surface area contributed by atoms with Crippen molar-refractivity contribution in [1.29, 1.82) is 0 Å². The van der Waals surface area contributed by atoms with Crippen LogP contribution in [0.25, 0.3) is 0 Å². The lowest BCUT2D eigenvalue weighted by molar-refractivity contribution is -0.385. The molecule has 0 aromatic heterocycles. The van der Waals surface area contributed by atoms with Crippen molar-refractivity contribution in [1.82, 2.24) is 4.31 Å². The van der Waals surface area contributed by atoms with E-state index in [1.807, 2.05) is 19.1 Å². The lowest BCUT2D eigenvalue weighted by atomic mass is 10.2. The first kappa shape index (κ1) is 18.6. The van der Waals surface area contributed by atoms with Crippen LogP contribution >= 0.6 is 0 Å². The highest BCUT2D eigenvalue weighted by Gasteiger charge is 2.24. The Hall–Kier alpha value is -2.78. The molecule has 0 aliphatic rings. The van der Waals surface area contributed by atoms with Gasteiger partial charge in [-0.05, 0) is 24.6 Å². The molecule has 2 rings (SSSR count). The number of nitrogens with one attached hydrogen (secondary N) is 1. The Morgan fingerprint density at radius 1 is 1.20 bits per heavy atom. The summed E-state index contributed by atoms with van der Waals surface area (Å²) in [4.78, 5) is 22.0. The van der Waals surface area contributed by atoms with Crippen molar-refractivity contribution in [3.05, 3.63) is 64.2 Å². The van der Waals surface area contributed by atoms with E-state index in [1.54, 1.807) is 12.1 Å². The van der Waals surface area contributed by atoms with Gasteiger partial charge in [-0.1, -0.05) is 24.3 Å². The maximum absolute atomic E-state index is 12.5. The first-order valence-electron chi connectivity index (χ1n) is 7.28. The molecule has 1 amide bonds. The summed E-state index contributed by atoms with van der Waals surface area (Å²) in [5.74, 6) is -0.509. The molecule has 0 fully saturated rings. The minimum atomic E-state index is -4.02. The Kier molecular flexibility index (Phi) is 5.50. The average Bonchev–Trinajstić information content (AvgIpc) is 2.57. The third-order valence-corrected chi connectivity index (χ3v) is 5.32. The van der Waals surface area contributed by atoms with E-state index in [1.165, 1.54) is 25.2 Å². The van der Waals surface area contributed by atoms with Gasteiger partial charge in [0.05, 0.1) is 16.4 Å². The Labute approximate surface area is 145 Å². The molecule has 0 aliphatic carbocycles. The van der Waals surface area contributed by atoms with Gasteiger partial charge in [0.25, 0.3) is 5.69 Å². The van der Waals surface area contributed by atoms with E-state index >= 15 is 0 Å². The molecule has 25 heavy (non-hydrogen) atoms. The maximum atomic E-state index is 12.5. The van der Waals surface area contributed by atoms with Crippen LogP contribution in [-0.4, -0.2) is 37.1 Å². The Balaban J connectivity index is 2.15. The topological polar surface area (TPSA) is 110 Å². The number of non-ortho nitro benzene ring substituents is 1. The monoisotopic (exact) mass is 363 g/mol. The number of carbonyl (C=O) groups is 1.